The van der Waals surface area contributed by atoms with Crippen LogP contribution in [0.1, 0.15) is 36.5 Å². The van der Waals surface area contributed by atoms with E-state index in [1.807, 2.05) is 6.92 Å². The molecule has 4 rings (SSSR count). The van der Waals surface area contributed by atoms with E-state index < -0.39 is 10.0 Å². The van der Waals surface area contributed by atoms with Crippen molar-refractivity contribution in [3.63, 3.8) is 0 Å². The van der Waals surface area contributed by atoms with E-state index in [1.165, 1.54) is 6.07 Å². The highest BCUT2D eigenvalue weighted by atomic mass is 32.2. The molecule has 1 saturated heterocycles. The second-order valence-electron chi connectivity index (χ2n) is 6.99. The zero-order valence-corrected chi connectivity index (χ0v) is 18.1. The monoisotopic (exact) mass is 446 g/mol. The highest BCUT2D eigenvalue weighted by Crippen LogP contribution is 2.29. The van der Waals surface area contributed by atoms with Crippen LogP contribution in [0.2, 0.25) is 0 Å². The first-order valence-corrected chi connectivity index (χ1v) is 12.0. The Bertz CT molecular complexity index is 1170. The Balaban J connectivity index is 1.73. The van der Waals surface area contributed by atoms with Gasteiger partial charge >= 0.3 is 0 Å². The molecule has 0 radical (unpaired) electrons. The average Bonchev–Trinajstić information content (AvgIpc) is 3.23. The number of benzene rings is 2. The molecule has 1 N–H and O–H groups in total. The smallest absolute Gasteiger partial charge is 0.264 e. The molecule has 2 heterocycles. The summed E-state index contributed by atoms with van der Waals surface area (Å²) in [7, 11) is -4.00. The van der Waals surface area contributed by atoms with Gasteiger partial charge in [-0.2, -0.15) is 8.75 Å². The van der Waals surface area contributed by atoms with Crippen molar-refractivity contribution in [2.45, 2.75) is 31.1 Å². The molecule has 0 bridgehead atoms. The van der Waals surface area contributed by atoms with Crippen LogP contribution in [0.15, 0.2) is 41.3 Å². The third kappa shape index (κ3) is 4.10. The first-order chi connectivity index (χ1) is 14.5. The number of carbonyl (C=O) groups is 1. The van der Waals surface area contributed by atoms with Gasteiger partial charge in [0.25, 0.3) is 15.9 Å². The van der Waals surface area contributed by atoms with Crippen LogP contribution in [-0.4, -0.2) is 47.7 Å². The number of sulfonamides is 1. The Kier molecular flexibility index (Phi) is 5.87. The fourth-order valence-corrected chi connectivity index (χ4v) is 5.35. The molecule has 1 aliphatic heterocycles. The highest BCUT2D eigenvalue weighted by Gasteiger charge is 2.25. The van der Waals surface area contributed by atoms with Crippen molar-refractivity contribution < 1.29 is 17.9 Å². The van der Waals surface area contributed by atoms with E-state index in [1.54, 1.807) is 35.2 Å². The lowest BCUT2D eigenvalue weighted by Gasteiger charge is -2.27. The summed E-state index contributed by atoms with van der Waals surface area (Å²) in [6.45, 7) is 3.60. The van der Waals surface area contributed by atoms with Gasteiger partial charge in [-0.3, -0.25) is 9.52 Å². The van der Waals surface area contributed by atoms with Crippen molar-refractivity contribution in [1.29, 1.82) is 0 Å². The van der Waals surface area contributed by atoms with E-state index in [2.05, 4.69) is 13.5 Å². The van der Waals surface area contributed by atoms with Crippen LogP contribution in [0.5, 0.6) is 5.75 Å². The quantitative estimate of drug-likeness (QED) is 0.622. The standard InChI is InChI=1S/C20H22N4O4S2/c1-2-28-14-9-10-15(20(25)24-11-4-3-5-12-24)17(13-14)23-30(26,27)18-8-6-7-16-19(18)22-29-21-16/h6-10,13,23H,2-5,11-12H2,1H3. The molecule has 30 heavy (non-hydrogen) atoms. The van der Waals surface area contributed by atoms with Gasteiger partial charge in [0.15, 0.2) is 0 Å². The van der Waals surface area contributed by atoms with Crippen molar-refractivity contribution in [2.75, 3.05) is 24.4 Å². The van der Waals surface area contributed by atoms with Gasteiger partial charge in [-0.1, -0.05) is 6.07 Å². The lowest BCUT2D eigenvalue weighted by Crippen LogP contribution is -2.36. The Morgan fingerprint density at radius 2 is 1.97 bits per heavy atom. The van der Waals surface area contributed by atoms with E-state index >= 15 is 0 Å². The number of hydrogen-bond acceptors (Lipinski definition) is 7. The van der Waals surface area contributed by atoms with Gasteiger partial charge in [-0.25, -0.2) is 8.42 Å². The number of nitrogens with one attached hydrogen (secondary N) is 1. The molecule has 1 amide bonds. The zero-order chi connectivity index (χ0) is 21.1. The number of fused-ring (bicyclic) bond motifs is 1. The van der Waals surface area contributed by atoms with E-state index in [9.17, 15) is 13.2 Å². The minimum atomic E-state index is -4.00. The normalized spacial score (nSPS) is 14.6. The summed E-state index contributed by atoms with van der Waals surface area (Å²) in [6, 6.07) is 9.66. The number of rotatable bonds is 6. The molecule has 8 nitrogen and oxygen atoms in total. The number of hydrogen-bond donors (Lipinski definition) is 1. The molecule has 0 spiro atoms. The van der Waals surface area contributed by atoms with Gasteiger partial charge in [0.05, 0.1) is 29.6 Å². The number of ether oxygens (including phenoxy) is 1. The van der Waals surface area contributed by atoms with E-state index in [4.69, 9.17) is 4.74 Å². The largest absolute Gasteiger partial charge is 0.494 e. The number of carbonyl (C=O) groups excluding carboxylic acids is 1. The predicted octanol–water partition coefficient (Wildman–Crippen LogP) is 3.52. The fourth-order valence-electron chi connectivity index (χ4n) is 3.52. The molecule has 2 aromatic carbocycles. The first-order valence-electron chi connectivity index (χ1n) is 9.80. The summed E-state index contributed by atoms with van der Waals surface area (Å²) in [5, 5.41) is 0. The van der Waals surface area contributed by atoms with Crippen molar-refractivity contribution in [1.82, 2.24) is 13.6 Å². The molecule has 158 valence electrons. The van der Waals surface area contributed by atoms with E-state index in [-0.39, 0.29) is 16.5 Å². The fraction of sp³-hybridized carbons (Fsp3) is 0.350. The molecule has 1 aliphatic rings. The lowest BCUT2D eigenvalue weighted by atomic mass is 10.1. The molecule has 1 aromatic heterocycles. The third-order valence-electron chi connectivity index (χ3n) is 4.96. The van der Waals surface area contributed by atoms with Crippen LogP contribution in [0.4, 0.5) is 5.69 Å². The van der Waals surface area contributed by atoms with Gasteiger partial charge in [0.2, 0.25) is 0 Å². The topological polar surface area (TPSA) is 101 Å². The number of likely N-dealkylation sites (tertiary alicyclic amines) is 1. The summed E-state index contributed by atoms with van der Waals surface area (Å²) < 4.78 is 42.7. The van der Waals surface area contributed by atoms with E-state index in [0.29, 0.717) is 42.0 Å². The summed E-state index contributed by atoms with van der Waals surface area (Å²) in [5.41, 5.74) is 1.31. The number of anilines is 1. The summed E-state index contributed by atoms with van der Waals surface area (Å²) in [6.07, 6.45) is 2.99. The summed E-state index contributed by atoms with van der Waals surface area (Å²) >= 11 is 0.952. The van der Waals surface area contributed by atoms with Crippen LogP contribution in [0, 0.1) is 0 Å². The van der Waals surface area contributed by atoms with Crippen molar-refractivity contribution in [3.05, 3.63) is 42.0 Å². The van der Waals surface area contributed by atoms with Crippen molar-refractivity contribution in [2.24, 2.45) is 0 Å². The van der Waals surface area contributed by atoms with Crippen LogP contribution >= 0.6 is 11.7 Å². The first kappa shape index (κ1) is 20.5. The minimum absolute atomic E-state index is 0.0203. The zero-order valence-electron chi connectivity index (χ0n) is 16.5. The number of aromatic nitrogens is 2. The van der Waals surface area contributed by atoms with Gasteiger partial charge in [0, 0.05) is 19.2 Å². The lowest BCUT2D eigenvalue weighted by molar-refractivity contribution is 0.0725. The van der Waals surface area contributed by atoms with Crippen LogP contribution in [0.3, 0.4) is 0 Å². The highest BCUT2D eigenvalue weighted by molar-refractivity contribution is 7.93. The van der Waals surface area contributed by atoms with Crippen LogP contribution in [-0.2, 0) is 10.0 Å². The number of amides is 1. The maximum absolute atomic E-state index is 13.2. The molecule has 1 fully saturated rings. The SMILES string of the molecule is CCOc1ccc(C(=O)N2CCCCC2)c(NS(=O)(=O)c2cccc3nsnc23)c1. The third-order valence-corrected chi connectivity index (χ3v) is 6.90. The maximum atomic E-state index is 13.2. The molecule has 0 aliphatic carbocycles. The van der Waals surface area contributed by atoms with E-state index in [0.717, 1.165) is 31.0 Å². The van der Waals surface area contributed by atoms with Gasteiger partial charge in [0.1, 0.15) is 21.7 Å². The molecular formula is C20H22N4O4S2. The van der Waals surface area contributed by atoms with Crippen LogP contribution in [0.25, 0.3) is 11.0 Å². The molecule has 0 unspecified atom stereocenters. The molecule has 3 aromatic rings. The summed E-state index contributed by atoms with van der Waals surface area (Å²) in [5.74, 6) is 0.294. The molecular weight excluding hydrogens is 424 g/mol. The van der Waals surface area contributed by atoms with Gasteiger partial charge in [-0.15, -0.1) is 0 Å². The number of nitrogens with zero attached hydrogens (tertiary/aromatic N) is 3. The Morgan fingerprint density at radius 3 is 2.73 bits per heavy atom. The Labute approximate surface area is 179 Å². The van der Waals surface area contributed by atoms with Crippen LogP contribution < -0.4 is 9.46 Å². The molecule has 0 atom stereocenters. The van der Waals surface area contributed by atoms with Crippen molar-refractivity contribution >= 4 is 44.4 Å². The average molecular weight is 447 g/mol. The predicted molar refractivity (Wildman–Crippen MR) is 116 cm³/mol. The second-order valence-corrected chi connectivity index (χ2v) is 9.17. The maximum Gasteiger partial charge on any atom is 0.264 e. The second kappa shape index (κ2) is 8.57. The Hall–Kier alpha value is -2.72. The minimum Gasteiger partial charge on any atom is -0.494 e. The summed E-state index contributed by atoms with van der Waals surface area (Å²) in [4.78, 5) is 14.9. The van der Waals surface area contributed by atoms with Gasteiger partial charge < -0.3 is 9.64 Å². The number of piperidine rings is 1. The Morgan fingerprint density at radius 1 is 1.17 bits per heavy atom. The molecule has 0 saturated carbocycles. The van der Waals surface area contributed by atoms with Gasteiger partial charge in [-0.05, 0) is 50.5 Å². The van der Waals surface area contributed by atoms with Crippen molar-refractivity contribution in [3.8, 4) is 5.75 Å². The molecule has 10 heteroatoms.